The number of anilines is 2. The first kappa shape index (κ1) is 30.5. The zero-order valence-corrected chi connectivity index (χ0v) is 24.5. The molecule has 0 aliphatic heterocycles. The number of aryl methyl sites for hydroxylation is 1. The monoisotopic (exact) mass is 616 g/mol. The van der Waals surface area contributed by atoms with Gasteiger partial charge in [-0.05, 0) is 45.4 Å². The van der Waals surface area contributed by atoms with Gasteiger partial charge in [-0.15, -0.1) is 11.3 Å². The van der Waals surface area contributed by atoms with E-state index in [1.807, 2.05) is 0 Å². The van der Waals surface area contributed by atoms with Crippen molar-refractivity contribution in [2.75, 3.05) is 17.2 Å². The number of rotatable bonds is 9. The topological polar surface area (TPSA) is 161 Å². The maximum absolute atomic E-state index is 13.0. The molecule has 3 aromatic rings. The SMILES string of the molecule is Cc1ccc(NC(=O)Cn2ncc(Cl)c(Cl)c2=O)cc1S(=O)(=O)NCCc1csc(NC(=O)OC(C)(C)C)n1. The summed E-state index contributed by atoms with van der Waals surface area (Å²) >= 11 is 12.7. The molecule has 0 atom stereocenters. The van der Waals surface area contributed by atoms with Gasteiger partial charge >= 0.3 is 6.09 Å². The molecule has 3 rings (SSSR count). The molecular formula is C23H26Cl2N6O6S2. The Morgan fingerprint density at radius 3 is 2.59 bits per heavy atom. The first-order chi connectivity index (χ1) is 18.1. The quantitative estimate of drug-likeness (QED) is 0.327. The molecule has 0 bridgehead atoms. The Balaban J connectivity index is 1.60. The average Bonchev–Trinajstić information content (AvgIpc) is 3.26. The van der Waals surface area contributed by atoms with Gasteiger partial charge in [0.25, 0.3) is 5.56 Å². The van der Waals surface area contributed by atoms with E-state index in [1.165, 1.54) is 23.5 Å². The number of hydrogen-bond acceptors (Lipinski definition) is 9. The van der Waals surface area contributed by atoms with Gasteiger partial charge in [0, 0.05) is 24.0 Å². The molecule has 0 aliphatic carbocycles. The van der Waals surface area contributed by atoms with Gasteiger partial charge in [0.2, 0.25) is 15.9 Å². The second kappa shape index (κ2) is 12.4. The molecule has 0 saturated heterocycles. The van der Waals surface area contributed by atoms with Crippen LogP contribution in [0.25, 0.3) is 0 Å². The lowest BCUT2D eigenvalue weighted by atomic mass is 10.2. The lowest BCUT2D eigenvalue weighted by Crippen LogP contribution is -2.30. The highest BCUT2D eigenvalue weighted by atomic mass is 35.5. The van der Waals surface area contributed by atoms with Gasteiger partial charge < -0.3 is 10.1 Å². The summed E-state index contributed by atoms with van der Waals surface area (Å²) in [7, 11) is -3.94. The summed E-state index contributed by atoms with van der Waals surface area (Å²) in [6.45, 7) is 6.44. The van der Waals surface area contributed by atoms with Crippen molar-refractivity contribution in [2.24, 2.45) is 0 Å². The number of hydrogen-bond donors (Lipinski definition) is 3. The van der Waals surface area contributed by atoms with E-state index in [4.69, 9.17) is 27.9 Å². The summed E-state index contributed by atoms with van der Waals surface area (Å²) in [5.41, 5.74) is -0.138. The van der Waals surface area contributed by atoms with Gasteiger partial charge in [0.05, 0.1) is 21.8 Å². The summed E-state index contributed by atoms with van der Waals surface area (Å²) in [5.74, 6) is -0.623. The molecule has 1 aromatic carbocycles. The van der Waals surface area contributed by atoms with E-state index in [1.54, 1.807) is 39.1 Å². The van der Waals surface area contributed by atoms with Crippen LogP contribution < -0.4 is 20.9 Å². The lowest BCUT2D eigenvalue weighted by molar-refractivity contribution is -0.117. The minimum atomic E-state index is -3.94. The number of sulfonamides is 1. The summed E-state index contributed by atoms with van der Waals surface area (Å²) < 4.78 is 34.5. The van der Waals surface area contributed by atoms with Crippen molar-refractivity contribution in [3.63, 3.8) is 0 Å². The highest BCUT2D eigenvalue weighted by Gasteiger charge is 2.20. The predicted molar refractivity (Wildman–Crippen MR) is 149 cm³/mol. The van der Waals surface area contributed by atoms with Crippen LogP contribution in [0, 0.1) is 6.92 Å². The number of aromatic nitrogens is 3. The molecule has 3 N–H and O–H groups in total. The van der Waals surface area contributed by atoms with Crippen molar-refractivity contribution in [2.45, 2.75) is 51.2 Å². The molecule has 12 nitrogen and oxygen atoms in total. The zero-order chi connectivity index (χ0) is 29.0. The zero-order valence-electron chi connectivity index (χ0n) is 21.4. The molecule has 210 valence electrons. The normalized spacial score (nSPS) is 11.7. The summed E-state index contributed by atoms with van der Waals surface area (Å²) in [4.78, 5) is 40.7. The van der Waals surface area contributed by atoms with E-state index in [-0.39, 0.29) is 33.6 Å². The molecule has 16 heteroatoms. The molecule has 0 unspecified atom stereocenters. The van der Waals surface area contributed by atoms with Crippen LogP contribution in [0.3, 0.4) is 0 Å². The van der Waals surface area contributed by atoms with Crippen molar-refractivity contribution in [1.82, 2.24) is 19.5 Å². The molecule has 39 heavy (non-hydrogen) atoms. The van der Waals surface area contributed by atoms with E-state index in [0.717, 1.165) is 10.9 Å². The van der Waals surface area contributed by atoms with Crippen LogP contribution in [0.4, 0.5) is 15.6 Å². The van der Waals surface area contributed by atoms with Gasteiger partial charge in [0.15, 0.2) is 5.13 Å². The summed E-state index contributed by atoms with van der Waals surface area (Å²) in [6, 6.07) is 4.39. The van der Waals surface area contributed by atoms with Crippen LogP contribution in [-0.2, 0) is 32.5 Å². The number of carbonyl (C=O) groups excluding carboxylic acids is 2. The van der Waals surface area contributed by atoms with Crippen molar-refractivity contribution < 1.29 is 22.7 Å². The lowest BCUT2D eigenvalue weighted by Gasteiger charge is -2.18. The smallest absolute Gasteiger partial charge is 0.413 e. The Hall–Kier alpha value is -3.04. The van der Waals surface area contributed by atoms with Crippen LogP contribution in [0.1, 0.15) is 32.0 Å². The van der Waals surface area contributed by atoms with Gasteiger partial charge in [-0.1, -0.05) is 29.3 Å². The third-order valence-electron chi connectivity index (χ3n) is 4.83. The number of carbonyl (C=O) groups is 2. The third-order valence-corrected chi connectivity index (χ3v) is 7.99. The Bertz CT molecular complexity index is 1550. The third kappa shape index (κ3) is 8.73. The Kier molecular flexibility index (Phi) is 9.72. The van der Waals surface area contributed by atoms with E-state index >= 15 is 0 Å². The highest BCUT2D eigenvalue weighted by Crippen LogP contribution is 2.21. The van der Waals surface area contributed by atoms with Gasteiger partial charge in [-0.3, -0.25) is 14.9 Å². The maximum Gasteiger partial charge on any atom is 0.413 e. The predicted octanol–water partition coefficient (Wildman–Crippen LogP) is 3.82. The van der Waals surface area contributed by atoms with Crippen molar-refractivity contribution in [1.29, 1.82) is 0 Å². The number of nitrogens with one attached hydrogen (secondary N) is 3. The van der Waals surface area contributed by atoms with E-state index in [9.17, 15) is 22.8 Å². The number of benzene rings is 1. The molecule has 0 saturated carbocycles. The molecular weight excluding hydrogens is 591 g/mol. The number of ether oxygens (including phenoxy) is 1. The summed E-state index contributed by atoms with van der Waals surface area (Å²) in [6.07, 6.45) is 0.781. The van der Waals surface area contributed by atoms with E-state index in [0.29, 0.717) is 16.4 Å². The van der Waals surface area contributed by atoms with Crippen molar-refractivity contribution in [3.8, 4) is 0 Å². The molecule has 0 fully saturated rings. The second-order valence-corrected chi connectivity index (χ2v) is 12.6. The Labute approximate surface area is 238 Å². The van der Waals surface area contributed by atoms with Gasteiger partial charge in [-0.2, -0.15) is 5.10 Å². The molecule has 2 amide bonds. The van der Waals surface area contributed by atoms with Crippen LogP contribution in [0.15, 0.2) is 39.5 Å². The van der Waals surface area contributed by atoms with Gasteiger partial charge in [-0.25, -0.2) is 27.6 Å². The molecule has 0 aliphatic rings. The molecule has 2 heterocycles. The number of thiazole rings is 1. The number of halogens is 2. The van der Waals surface area contributed by atoms with Crippen molar-refractivity contribution >= 4 is 67.4 Å². The molecule has 0 spiro atoms. The fourth-order valence-corrected chi connectivity index (χ4v) is 5.42. The first-order valence-electron chi connectivity index (χ1n) is 11.4. The van der Waals surface area contributed by atoms with Crippen LogP contribution in [0.2, 0.25) is 10.0 Å². The number of amides is 2. The average molecular weight is 618 g/mol. The fraction of sp³-hybridized carbons (Fsp3) is 0.348. The highest BCUT2D eigenvalue weighted by molar-refractivity contribution is 7.89. The van der Waals surface area contributed by atoms with Crippen LogP contribution >= 0.6 is 34.5 Å². The standard InChI is InChI=1S/C23H26Cl2N6O6S2/c1-13-5-6-14(28-18(32)11-31-20(33)19(25)16(24)10-26-31)9-17(13)39(35,36)27-8-7-15-12-38-21(29-15)30-22(34)37-23(2,3)4/h5-6,9-10,12,27H,7-8,11H2,1-4H3,(H,28,32)(H,29,30,34). The van der Waals surface area contributed by atoms with E-state index < -0.39 is 39.7 Å². The first-order valence-corrected chi connectivity index (χ1v) is 14.5. The largest absolute Gasteiger partial charge is 0.444 e. The van der Waals surface area contributed by atoms with Gasteiger partial charge in [0.1, 0.15) is 17.2 Å². The van der Waals surface area contributed by atoms with Crippen LogP contribution in [0.5, 0.6) is 0 Å². The van der Waals surface area contributed by atoms with E-state index in [2.05, 4.69) is 25.4 Å². The summed E-state index contributed by atoms with van der Waals surface area (Å²) in [5, 5.41) is 10.6. The van der Waals surface area contributed by atoms with Crippen molar-refractivity contribution in [3.05, 3.63) is 61.4 Å². The Morgan fingerprint density at radius 2 is 1.90 bits per heavy atom. The minimum absolute atomic E-state index is 0.0318. The maximum atomic E-state index is 13.0. The number of nitrogens with zero attached hydrogens (tertiary/aromatic N) is 3. The minimum Gasteiger partial charge on any atom is -0.444 e. The second-order valence-electron chi connectivity index (χ2n) is 9.22. The molecule has 2 aromatic heterocycles. The Morgan fingerprint density at radius 1 is 1.18 bits per heavy atom. The van der Waals surface area contributed by atoms with Crippen LogP contribution in [-0.4, -0.2) is 47.3 Å². The fourth-order valence-electron chi connectivity index (χ4n) is 3.12. The molecule has 0 radical (unpaired) electrons.